The van der Waals surface area contributed by atoms with Crippen LogP contribution in [0.1, 0.15) is 100 Å². The lowest BCUT2D eigenvalue weighted by atomic mass is 9.84. The number of likely N-dealkylation sites (tertiary alicyclic amines) is 3. The summed E-state index contributed by atoms with van der Waals surface area (Å²) in [7, 11) is 0. The topological polar surface area (TPSA) is 419 Å². The predicted molar refractivity (Wildman–Crippen MR) is 329 cm³/mol. The van der Waals surface area contributed by atoms with Crippen LogP contribution in [0.25, 0.3) is 0 Å². The van der Waals surface area contributed by atoms with Crippen molar-refractivity contribution < 1.29 is 53.1 Å². The van der Waals surface area contributed by atoms with Crippen LogP contribution in [0.5, 0.6) is 0 Å². The molecule has 2 aromatic rings. The molecule has 474 valence electrons. The smallest absolute Gasteiger partial charge is 0.326 e. The van der Waals surface area contributed by atoms with Gasteiger partial charge in [0.15, 0.2) is 11.9 Å². The van der Waals surface area contributed by atoms with Gasteiger partial charge in [-0.3, -0.25) is 53.1 Å². The van der Waals surface area contributed by atoms with E-state index in [1.165, 1.54) is 14.7 Å². The first-order valence-electron chi connectivity index (χ1n) is 29.8. The van der Waals surface area contributed by atoms with Crippen LogP contribution in [0.4, 0.5) is 0 Å². The molecule has 11 atom stereocenters. The Kier molecular flexibility index (Phi) is 24.5. The SMILES string of the molecule is NC(N)=NCCC[C@H](NC(=O)C1CC2CCCCC2N1C(=O)[C@H]1Cc2ccccc2CN1C(=O)[C@H](CS)NC(=O)[C@H](Cc1ccccc1)NC(=O)CNC(=O)[C@@H]1CCCN1C(=O)[C@@H]1CCCN1C(=O)[C@H](CCCN=C(N)N)NC(=O)[C@@H](N)CS)C(=O)O. The van der Waals surface area contributed by atoms with Crippen molar-refractivity contribution in [3.8, 4) is 0 Å². The quantitative estimate of drug-likeness (QED) is 0.0195. The number of carboxylic acids is 1. The zero-order chi connectivity index (χ0) is 62.9. The van der Waals surface area contributed by atoms with Gasteiger partial charge in [-0.15, -0.1) is 0 Å². The van der Waals surface area contributed by atoms with Crippen LogP contribution in [0.2, 0.25) is 0 Å². The van der Waals surface area contributed by atoms with E-state index in [0.29, 0.717) is 44.1 Å². The molecule has 4 fully saturated rings. The number of carbonyl (C=O) groups is 10. The van der Waals surface area contributed by atoms with Crippen LogP contribution >= 0.6 is 25.3 Å². The number of hydrogen-bond donors (Lipinski definition) is 13. The van der Waals surface area contributed by atoms with E-state index in [2.05, 4.69) is 61.8 Å². The second kappa shape index (κ2) is 31.8. The maximum atomic E-state index is 15.4. The van der Waals surface area contributed by atoms with Gasteiger partial charge < -0.3 is 80.0 Å². The van der Waals surface area contributed by atoms with Gasteiger partial charge in [0, 0.05) is 63.1 Å². The maximum Gasteiger partial charge on any atom is 0.326 e. The Hall–Kier alpha value is -7.66. The highest BCUT2D eigenvalue weighted by atomic mass is 32.1. The number of carboxylic acid groups (broad SMARTS) is 1. The lowest BCUT2D eigenvalue weighted by molar-refractivity contribution is -0.153. The largest absolute Gasteiger partial charge is 0.480 e. The Labute approximate surface area is 516 Å². The third-order valence-electron chi connectivity index (χ3n) is 16.9. The molecule has 29 heteroatoms. The standard InChI is InChI=1S/C58H84N16O11S2/c59-37(31-86)48(76)68-38(17-8-22-64-57(60)61)52(80)72-25-11-21-44(72)54(82)71-24-10-20-43(71)50(78)66-29-47(75)67-40(26-33-12-2-1-3-13-33)49(77)70-41(32-87)53(81)73-30-36-16-5-4-14-34(36)27-46(73)55(83)74-42-19-7-6-15-35(42)28-45(74)51(79)69-39(56(84)85)18-9-23-65-58(62)63/h1-5,12-14,16,35,37-46,86-87H,6-11,15,17-32,59H2,(H,66,78)(H,67,75)(H,68,76)(H,69,79)(H,70,77)(H,84,85)(H4,60,61,64)(H4,62,63,65)/t35?,37-,38-,39-,40-,41-,42?,43-,44-,45?,46+/m0/s1. The van der Waals surface area contributed by atoms with Gasteiger partial charge >= 0.3 is 5.97 Å². The van der Waals surface area contributed by atoms with Crippen LogP contribution in [0.3, 0.4) is 0 Å². The number of hydrogen-bond acceptors (Lipinski definition) is 15. The van der Waals surface area contributed by atoms with Gasteiger partial charge in [-0.2, -0.15) is 25.3 Å². The first kappa shape index (κ1) is 66.9. The van der Waals surface area contributed by atoms with Crippen molar-refractivity contribution in [1.82, 2.24) is 46.2 Å². The molecular formula is C58H84N16O11S2. The summed E-state index contributed by atoms with van der Waals surface area (Å²) in [6.45, 7) is 0.137. The monoisotopic (exact) mass is 1240 g/mol. The maximum absolute atomic E-state index is 15.4. The summed E-state index contributed by atoms with van der Waals surface area (Å²) in [5.74, 6) is -7.23. The zero-order valence-corrected chi connectivity index (χ0v) is 50.6. The number of amides is 9. The molecular weight excluding hydrogens is 1160 g/mol. The molecule has 3 unspecified atom stereocenters. The second-order valence-corrected chi connectivity index (χ2v) is 23.6. The van der Waals surface area contributed by atoms with E-state index in [-0.39, 0.29) is 107 Å². The fraction of sp³-hybridized carbons (Fsp3) is 0.586. The molecule has 0 radical (unpaired) electrons. The summed E-state index contributed by atoms with van der Waals surface area (Å²) >= 11 is 8.63. The number of thiol groups is 2. The van der Waals surface area contributed by atoms with Crippen LogP contribution in [-0.4, -0.2) is 200 Å². The molecule has 0 aromatic heterocycles. The van der Waals surface area contributed by atoms with Gasteiger partial charge in [0.25, 0.3) is 0 Å². The van der Waals surface area contributed by atoms with Gasteiger partial charge in [0.1, 0.15) is 48.3 Å². The molecule has 4 aliphatic heterocycles. The molecule has 7 rings (SSSR count). The molecule has 16 N–H and O–H groups in total. The Morgan fingerprint density at radius 2 is 1.21 bits per heavy atom. The summed E-state index contributed by atoms with van der Waals surface area (Å²) in [6, 6.07) is 5.75. The number of nitrogens with two attached hydrogens (primary N) is 5. The lowest BCUT2D eigenvalue weighted by Gasteiger charge is -2.42. The van der Waals surface area contributed by atoms with E-state index in [1.54, 1.807) is 35.2 Å². The Balaban J connectivity index is 1.03. The Morgan fingerprint density at radius 3 is 1.86 bits per heavy atom. The van der Waals surface area contributed by atoms with Crippen molar-refractivity contribution in [2.75, 3.05) is 44.2 Å². The number of rotatable bonds is 27. The van der Waals surface area contributed by atoms with E-state index in [4.69, 9.17) is 28.7 Å². The first-order valence-corrected chi connectivity index (χ1v) is 31.1. The highest BCUT2D eigenvalue weighted by Gasteiger charge is 2.52. The molecule has 0 bridgehead atoms. The van der Waals surface area contributed by atoms with Gasteiger partial charge in [0.05, 0.1) is 12.6 Å². The fourth-order valence-corrected chi connectivity index (χ4v) is 13.0. The average molecular weight is 1250 g/mol. The normalized spacial score (nSPS) is 22.2. The summed E-state index contributed by atoms with van der Waals surface area (Å²) in [5.41, 5.74) is 30.0. The van der Waals surface area contributed by atoms with Crippen molar-refractivity contribution >= 4 is 96.3 Å². The van der Waals surface area contributed by atoms with Crippen molar-refractivity contribution in [1.29, 1.82) is 0 Å². The van der Waals surface area contributed by atoms with Crippen molar-refractivity contribution in [2.45, 2.75) is 163 Å². The lowest BCUT2D eigenvalue weighted by Crippen LogP contribution is -2.62. The van der Waals surface area contributed by atoms with E-state index < -0.39 is 120 Å². The number of nitrogens with zero attached hydrogens (tertiary/aromatic N) is 6. The number of nitrogens with one attached hydrogen (secondary N) is 5. The minimum absolute atomic E-state index is 0.0258. The van der Waals surface area contributed by atoms with Gasteiger partial charge in [-0.25, -0.2) is 4.79 Å². The Morgan fingerprint density at radius 1 is 0.598 bits per heavy atom. The summed E-state index contributed by atoms with van der Waals surface area (Å²) in [6.07, 6.45) is 5.68. The summed E-state index contributed by atoms with van der Waals surface area (Å²) in [4.78, 5) is 155. The minimum Gasteiger partial charge on any atom is -0.480 e. The molecule has 5 aliphatic rings. The van der Waals surface area contributed by atoms with Crippen LogP contribution in [0.15, 0.2) is 64.6 Å². The van der Waals surface area contributed by atoms with E-state index >= 15 is 9.59 Å². The highest BCUT2D eigenvalue weighted by molar-refractivity contribution is 7.80. The van der Waals surface area contributed by atoms with E-state index in [1.807, 2.05) is 24.3 Å². The Bertz CT molecular complexity index is 2880. The number of benzene rings is 2. The molecule has 3 saturated heterocycles. The summed E-state index contributed by atoms with van der Waals surface area (Å²) < 4.78 is 0. The minimum atomic E-state index is -1.33. The third kappa shape index (κ3) is 17.5. The zero-order valence-electron chi connectivity index (χ0n) is 48.8. The summed E-state index contributed by atoms with van der Waals surface area (Å²) in [5, 5.41) is 23.6. The third-order valence-corrected chi connectivity index (χ3v) is 17.7. The predicted octanol–water partition coefficient (Wildman–Crippen LogP) is -2.24. The molecule has 27 nitrogen and oxygen atoms in total. The number of aliphatic carboxylic acids is 1. The fourth-order valence-electron chi connectivity index (χ4n) is 12.5. The average Bonchev–Trinajstić information content (AvgIpc) is 1.97. The number of aliphatic imine (C=N–C) groups is 2. The second-order valence-electron chi connectivity index (χ2n) is 22.9. The van der Waals surface area contributed by atoms with Crippen LogP contribution < -0.4 is 55.3 Å². The highest BCUT2D eigenvalue weighted by Crippen LogP contribution is 2.41. The van der Waals surface area contributed by atoms with Gasteiger partial charge in [-0.05, 0) is 93.2 Å². The molecule has 1 saturated carbocycles. The first-order chi connectivity index (χ1) is 41.7. The van der Waals surface area contributed by atoms with Gasteiger partial charge in [-0.1, -0.05) is 67.4 Å². The molecule has 9 amide bonds. The van der Waals surface area contributed by atoms with Crippen molar-refractivity contribution in [3.63, 3.8) is 0 Å². The molecule has 0 spiro atoms. The number of carbonyl (C=O) groups excluding carboxylic acids is 9. The number of guanidine groups is 2. The van der Waals surface area contributed by atoms with Gasteiger partial charge in [0.2, 0.25) is 53.2 Å². The van der Waals surface area contributed by atoms with Crippen molar-refractivity contribution in [3.05, 3.63) is 71.3 Å². The molecule has 1 aliphatic carbocycles. The molecule has 4 heterocycles. The van der Waals surface area contributed by atoms with Crippen LogP contribution in [0, 0.1) is 5.92 Å². The number of fused-ring (bicyclic) bond motifs is 2. The van der Waals surface area contributed by atoms with Crippen LogP contribution in [-0.2, 0) is 67.3 Å². The van der Waals surface area contributed by atoms with Crippen molar-refractivity contribution in [2.24, 2.45) is 44.6 Å². The molecule has 87 heavy (non-hydrogen) atoms. The van der Waals surface area contributed by atoms with E-state index in [0.717, 1.165) is 30.4 Å². The van der Waals surface area contributed by atoms with E-state index in [9.17, 15) is 43.5 Å². The molecule has 2 aromatic carbocycles.